The van der Waals surface area contributed by atoms with Gasteiger partial charge in [-0.3, -0.25) is 9.91 Å². The maximum Gasteiger partial charge on any atom is 0.0661 e. The second-order valence-corrected chi connectivity index (χ2v) is 7.81. The van der Waals surface area contributed by atoms with E-state index in [4.69, 9.17) is 28.3 Å². The Balaban J connectivity index is 1.59. The van der Waals surface area contributed by atoms with E-state index in [9.17, 15) is 0 Å². The zero-order valence-corrected chi connectivity index (χ0v) is 17.1. The van der Waals surface area contributed by atoms with Crippen molar-refractivity contribution in [3.05, 3.63) is 68.7 Å². The van der Waals surface area contributed by atoms with E-state index in [-0.39, 0.29) is 0 Å². The SMILES string of the molecule is CC(=NN1CCN(Cc2ccc(C)cc2C)CC1)c1ccc(Cl)cc1Cl. The van der Waals surface area contributed by atoms with Crippen LogP contribution in [-0.4, -0.2) is 41.8 Å². The van der Waals surface area contributed by atoms with Gasteiger partial charge in [0.2, 0.25) is 0 Å². The van der Waals surface area contributed by atoms with E-state index in [2.05, 4.69) is 42.0 Å². The summed E-state index contributed by atoms with van der Waals surface area (Å²) in [7, 11) is 0. The first kappa shape index (κ1) is 19.2. The highest BCUT2D eigenvalue weighted by molar-refractivity contribution is 6.36. The first-order chi connectivity index (χ1) is 12.4. The van der Waals surface area contributed by atoms with Crippen molar-refractivity contribution in [3.8, 4) is 0 Å². The normalized spacial score (nSPS) is 16.2. The number of rotatable bonds is 4. The van der Waals surface area contributed by atoms with Crippen LogP contribution in [0, 0.1) is 13.8 Å². The van der Waals surface area contributed by atoms with Gasteiger partial charge in [0, 0.05) is 43.3 Å². The van der Waals surface area contributed by atoms with Crippen molar-refractivity contribution in [2.45, 2.75) is 27.3 Å². The first-order valence-electron chi connectivity index (χ1n) is 8.96. The summed E-state index contributed by atoms with van der Waals surface area (Å²) in [5.74, 6) is 0. The maximum absolute atomic E-state index is 6.29. The summed E-state index contributed by atoms with van der Waals surface area (Å²) < 4.78 is 0. The molecule has 1 aliphatic rings. The van der Waals surface area contributed by atoms with E-state index >= 15 is 0 Å². The topological polar surface area (TPSA) is 18.8 Å². The lowest BCUT2D eigenvalue weighted by molar-refractivity contribution is 0.130. The van der Waals surface area contributed by atoms with Crippen molar-refractivity contribution in [1.29, 1.82) is 0 Å². The molecule has 0 N–H and O–H groups in total. The molecule has 0 unspecified atom stereocenters. The van der Waals surface area contributed by atoms with Crippen LogP contribution < -0.4 is 0 Å². The van der Waals surface area contributed by atoms with Gasteiger partial charge in [-0.1, -0.05) is 53.0 Å². The first-order valence-corrected chi connectivity index (χ1v) is 9.72. The minimum atomic E-state index is 0.645. The van der Waals surface area contributed by atoms with Crippen molar-refractivity contribution >= 4 is 28.9 Å². The lowest BCUT2D eigenvalue weighted by atomic mass is 10.1. The zero-order valence-electron chi connectivity index (χ0n) is 15.6. The van der Waals surface area contributed by atoms with Gasteiger partial charge in [-0.15, -0.1) is 0 Å². The lowest BCUT2D eigenvalue weighted by Crippen LogP contribution is -2.44. The van der Waals surface area contributed by atoms with Crippen molar-refractivity contribution in [2.24, 2.45) is 5.10 Å². The summed E-state index contributed by atoms with van der Waals surface area (Å²) in [6.45, 7) is 11.2. The molecule has 2 aromatic carbocycles. The van der Waals surface area contributed by atoms with E-state index in [0.717, 1.165) is 44.0 Å². The minimum absolute atomic E-state index is 0.645. The Morgan fingerprint density at radius 2 is 1.73 bits per heavy atom. The highest BCUT2D eigenvalue weighted by Gasteiger charge is 2.17. The number of benzene rings is 2. The van der Waals surface area contributed by atoms with Gasteiger partial charge in [0.1, 0.15) is 0 Å². The Morgan fingerprint density at radius 3 is 2.38 bits per heavy atom. The van der Waals surface area contributed by atoms with E-state index in [0.29, 0.717) is 10.0 Å². The van der Waals surface area contributed by atoms with Crippen LogP contribution in [-0.2, 0) is 6.54 Å². The fraction of sp³-hybridized carbons (Fsp3) is 0.381. The monoisotopic (exact) mass is 389 g/mol. The number of aryl methyl sites for hydroxylation is 2. The van der Waals surface area contributed by atoms with Crippen LogP contribution >= 0.6 is 23.2 Å². The van der Waals surface area contributed by atoms with Gasteiger partial charge in [0.05, 0.1) is 10.7 Å². The molecule has 0 radical (unpaired) electrons. The van der Waals surface area contributed by atoms with Gasteiger partial charge in [-0.05, 0) is 44.0 Å². The van der Waals surface area contributed by atoms with Crippen LogP contribution in [0.2, 0.25) is 10.0 Å². The van der Waals surface area contributed by atoms with Crippen LogP contribution in [0.1, 0.15) is 29.2 Å². The summed E-state index contributed by atoms with van der Waals surface area (Å²) in [5, 5.41) is 8.19. The second-order valence-electron chi connectivity index (χ2n) is 6.97. The molecule has 1 saturated heterocycles. The third kappa shape index (κ3) is 4.79. The average molecular weight is 390 g/mol. The quantitative estimate of drug-likeness (QED) is 0.673. The Morgan fingerprint density at radius 1 is 1.00 bits per heavy atom. The summed E-state index contributed by atoms with van der Waals surface area (Å²) in [6, 6.07) is 12.3. The molecule has 0 aliphatic carbocycles. The average Bonchev–Trinajstić information content (AvgIpc) is 2.59. The van der Waals surface area contributed by atoms with E-state index in [1.54, 1.807) is 6.07 Å². The van der Waals surface area contributed by atoms with Gasteiger partial charge in [-0.2, -0.15) is 5.10 Å². The molecule has 0 atom stereocenters. The third-order valence-electron chi connectivity index (χ3n) is 4.85. The number of hydrogen-bond donors (Lipinski definition) is 0. The largest absolute Gasteiger partial charge is 0.295 e. The Bertz CT molecular complexity index is 809. The minimum Gasteiger partial charge on any atom is -0.295 e. The Kier molecular flexibility index (Phi) is 6.23. The van der Waals surface area contributed by atoms with E-state index in [1.807, 2.05) is 19.1 Å². The van der Waals surface area contributed by atoms with Gasteiger partial charge < -0.3 is 0 Å². The molecule has 1 fully saturated rings. The van der Waals surface area contributed by atoms with Gasteiger partial charge >= 0.3 is 0 Å². The summed E-state index contributed by atoms with van der Waals surface area (Å²) in [6.07, 6.45) is 0. The molecule has 0 amide bonds. The van der Waals surface area contributed by atoms with Crippen molar-refractivity contribution < 1.29 is 0 Å². The van der Waals surface area contributed by atoms with E-state index < -0.39 is 0 Å². The molecule has 0 aromatic heterocycles. The molecule has 0 bridgehead atoms. The van der Waals surface area contributed by atoms with E-state index in [1.165, 1.54) is 16.7 Å². The highest BCUT2D eigenvalue weighted by Crippen LogP contribution is 2.22. The molecule has 5 heteroatoms. The molecular weight excluding hydrogens is 365 g/mol. The number of hydrogen-bond acceptors (Lipinski definition) is 3. The fourth-order valence-electron chi connectivity index (χ4n) is 3.31. The predicted octanol–water partition coefficient (Wildman–Crippen LogP) is 5.15. The second kappa shape index (κ2) is 8.43. The van der Waals surface area contributed by atoms with Crippen LogP contribution in [0.25, 0.3) is 0 Å². The third-order valence-corrected chi connectivity index (χ3v) is 5.40. The molecule has 3 rings (SSSR count). The van der Waals surface area contributed by atoms with Crippen molar-refractivity contribution in [1.82, 2.24) is 9.91 Å². The molecule has 0 spiro atoms. The summed E-state index contributed by atoms with van der Waals surface area (Å²) >= 11 is 12.3. The molecule has 1 aliphatic heterocycles. The maximum atomic E-state index is 6.29. The molecule has 2 aromatic rings. The van der Waals surface area contributed by atoms with Crippen LogP contribution in [0.15, 0.2) is 41.5 Å². The molecule has 26 heavy (non-hydrogen) atoms. The molecule has 0 saturated carbocycles. The predicted molar refractivity (Wildman–Crippen MR) is 111 cm³/mol. The number of hydrazone groups is 1. The van der Waals surface area contributed by atoms with Gasteiger partial charge in [0.15, 0.2) is 0 Å². The Labute approximate surface area is 166 Å². The molecular formula is C21H25Cl2N3. The highest BCUT2D eigenvalue weighted by atomic mass is 35.5. The smallest absolute Gasteiger partial charge is 0.0661 e. The fourth-order valence-corrected chi connectivity index (χ4v) is 3.85. The molecule has 3 nitrogen and oxygen atoms in total. The van der Waals surface area contributed by atoms with Gasteiger partial charge in [-0.25, -0.2) is 0 Å². The standard InChI is InChI=1S/C21H25Cl2N3/c1-15-4-5-18(16(2)12-15)14-25-8-10-26(11-9-25)24-17(3)20-7-6-19(22)13-21(20)23/h4-7,12-13H,8-11,14H2,1-3H3. The van der Waals surface area contributed by atoms with Crippen molar-refractivity contribution in [3.63, 3.8) is 0 Å². The lowest BCUT2D eigenvalue weighted by Gasteiger charge is -2.33. The molecule has 138 valence electrons. The number of piperazine rings is 1. The van der Waals surface area contributed by atoms with Crippen LogP contribution in [0.5, 0.6) is 0 Å². The Hall–Kier alpha value is -1.55. The number of nitrogens with zero attached hydrogens (tertiary/aromatic N) is 3. The summed E-state index contributed by atoms with van der Waals surface area (Å²) in [4.78, 5) is 2.49. The van der Waals surface area contributed by atoms with Crippen molar-refractivity contribution in [2.75, 3.05) is 26.2 Å². The number of halogens is 2. The van der Waals surface area contributed by atoms with Gasteiger partial charge in [0.25, 0.3) is 0 Å². The summed E-state index contributed by atoms with van der Waals surface area (Å²) in [5.41, 5.74) is 5.97. The molecule has 1 heterocycles. The van der Waals surface area contributed by atoms with Crippen LogP contribution in [0.3, 0.4) is 0 Å². The zero-order chi connectivity index (χ0) is 18.7. The van der Waals surface area contributed by atoms with Crippen LogP contribution in [0.4, 0.5) is 0 Å².